The molecule has 0 saturated heterocycles. The lowest BCUT2D eigenvalue weighted by Gasteiger charge is -2.32. The number of benzene rings is 1. The molecule has 15 heavy (non-hydrogen) atoms. The minimum Gasteiger partial charge on any atom is -0.394 e. The smallest absolute Gasteiger partial charge is 0.0688 e. The van der Waals surface area contributed by atoms with Gasteiger partial charge in [0.2, 0.25) is 0 Å². The second kappa shape index (κ2) is 5.85. The van der Waals surface area contributed by atoms with Gasteiger partial charge in [0.1, 0.15) is 0 Å². The van der Waals surface area contributed by atoms with Crippen LogP contribution < -0.4 is 5.32 Å². The van der Waals surface area contributed by atoms with Crippen LogP contribution in [-0.4, -0.2) is 32.5 Å². The third kappa shape index (κ3) is 2.78. The fourth-order valence-corrected chi connectivity index (χ4v) is 1.70. The maximum Gasteiger partial charge on any atom is 0.0688 e. The van der Waals surface area contributed by atoms with E-state index in [1.54, 1.807) is 7.11 Å². The molecule has 0 aliphatic rings. The van der Waals surface area contributed by atoms with Gasteiger partial charge in [-0.2, -0.15) is 0 Å². The fourth-order valence-electron chi connectivity index (χ4n) is 1.70. The van der Waals surface area contributed by atoms with Crippen molar-refractivity contribution in [2.24, 2.45) is 0 Å². The molecular weight excluding hydrogens is 190 g/mol. The minimum absolute atomic E-state index is 0.0663. The van der Waals surface area contributed by atoms with E-state index in [1.165, 1.54) is 0 Å². The molecule has 0 amide bonds. The van der Waals surface area contributed by atoms with Crippen LogP contribution in [0.3, 0.4) is 0 Å². The zero-order chi connectivity index (χ0) is 11.1. The number of nitrogens with one attached hydrogen (secondary N) is 1. The van der Waals surface area contributed by atoms with E-state index in [4.69, 9.17) is 4.74 Å². The zero-order valence-corrected chi connectivity index (χ0v) is 9.36. The molecule has 0 bridgehead atoms. The molecule has 2 N–H and O–H groups in total. The van der Waals surface area contributed by atoms with Crippen LogP contribution in [0.4, 0.5) is 0 Å². The summed E-state index contributed by atoms with van der Waals surface area (Å²) in [5.74, 6) is 0. The second-order valence-electron chi connectivity index (χ2n) is 3.60. The molecule has 1 atom stereocenters. The van der Waals surface area contributed by atoms with Gasteiger partial charge in [-0.1, -0.05) is 30.3 Å². The maximum atomic E-state index is 9.54. The van der Waals surface area contributed by atoms with E-state index in [0.29, 0.717) is 6.61 Å². The molecule has 0 aliphatic carbocycles. The van der Waals surface area contributed by atoms with Crippen LogP contribution in [0, 0.1) is 0 Å². The van der Waals surface area contributed by atoms with Crippen molar-refractivity contribution >= 4 is 0 Å². The first-order valence-electron chi connectivity index (χ1n) is 5.13. The van der Waals surface area contributed by atoms with Gasteiger partial charge >= 0.3 is 0 Å². The molecule has 0 fully saturated rings. The standard InChI is InChI=1S/C12H19NO2/c1-13-12(10-14,8-9-15-2)11-6-4-3-5-7-11/h3-7,13-14H,8-10H2,1-2H3. The van der Waals surface area contributed by atoms with Crippen molar-refractivity contribution in [3.8, 4) is 0 Å². The fraction of sp³-hybridized carbons (Fsp3) is 0.500. The average Bonchev–Trinajstić information content (AvgIpc) is 2.33. The van der Waals surface area contributed by atoms with Gasteiger partial charge < -0.3 is 15.2 Å². The van der Waals surface area contributed by atoms with E-state index >= 15 is 0 Å². The Hall–Kier alpha value is -0.900. The van der Waals surface area contributed by atoms with Crippen molar-refractivity contribution in [1.29, 1.82) is 0 Å². The number of rotatable bonds is 6. The number of hydrogen-bond donors (Lipinski definition) is 2. The number of likely N-dealkylation sites (N-methyl/N-ethyl adjacent to an activating group) is 1. The van der Waals surface area contributed by atoms with Gasteiger partial charge in [-0.15, -0.1) is 0 Å². The lowest BCUT2D eigenvalue weighted by atomic mass is 9.88. The summed E-state index contributed by atoms with van der Waals surface area (Å²) in [6.07, 6.45) is 0.751. The van der Waals surface area contributed by atoms with Crippen LogP contribution >= 0.6 is 0 Å². The highest BCUT2D eigenvalue weighted by Gasteiger charge is 2.28. The Morgan fingerprint density at radius 2 is 2.00 bits per heavy atom. The molecule has 1 aromatic rings. The molecule has 3 nitrogen and oxygen atoms in total. The van der Waals surface area contributed by atoms with E-state index in [-0.39, 0.29) is 6.61 Å². The molecule has 1 rings (SSSR count). The lowest BCUT2D eigenvalue weighted by molar-refractivity contribution is 0.110. The van der Waals surface area contributed by atoms with Crippen LogP contribution in [0.25, 0.3) is 0 Å². The normalized spacial score (nSPS) is 14.9. The first kappa shape index (κ1) is 12.2. The molecule has 1 unspecified atom stereocenters. The Balaban J connectivity index is 2.89. The van der Waals surface area contributed by atoms with E-state index in [2.05, 4.69) is 5.32 Å². The van der Waals surface area contributed by atoms with Crippen LogP contribution in [0.2, 0.25) is 0 Å². The highest BCUT2D eigenvalue weighted by molar-refractivity contribution is 5.24. The average molecular weight is 209 g/mol. The van der Waals surface area contributed by atoms with Gasteiger partial charge in [-0.05, 0) is 19.0 Å². The van der Waals surface area contributed by atoms with E-state index in [9.17, 15) is 5.11 Å². The first-order valence-corrected chi connectivity index (χ1v) is 5.13. The van der Waals surface area contributed by atoms with Crippen molar-refractivity contribution in [3.63, 3.8) is 0 Å². The summed E-state index contributed by atoms with van der Waals surface area (Å²) in [6, 6.07) is 9.95. The van der Waals surface area contributed by atoms with Gasteiger partial charge in [0, 0.05) is 13.7 Å². The number of aliphatic hydroxyl groups excluding tert-OH is 1. The van der Waals surface area contributed by atoms with Crippen molar-refractivity contribution < 1.29 is 9.84 Å². The van der Waals surface area contributed by atoms with Gasteiger partial charge in [0.15, 0.2) is 0 Å². The van der Waals surface area contributed by atoms with Crippen molar-refractivity contribution in [2.75, 3.05) is 27.4 Å². The highest BCUT2D eigenvalue weighted by Crippen LogP contribution is 2.23. The largest absolute Gasteiger partial charge is 0.394 e. The van der Waals surface area contributed by atoms with Gasteiger partial charge in [-0.3, -0.25) is 0 Å². The molecule has 0 radical (unpaired) electrons. The summed E-state index contributed by atoms with van der Waals surface area (Å²) in [5, 5.41) is 12.7. The Bertz CT molecular complexity index is 270. The molecule has 0 saturated carbocycles. The molecule has 0 heterocycles. The summed E-state index contributed by atoms with van der Waals surface area (Å²) < 4.78 is 5.07. The third-order valence-electron chi connectivity index (χ3n) is 2.81. The number of methoxy groups -OCH3 is 1. The van der Waals surface area contributed by atoms with E-state index < -0.39 is 5.54 Å². The number of hydrogen-bond acceptors (Lipinski definition) is 3. The summed E-state index contributed by atoms with van der Waals surface area (Å²) in [7, 11) is 3.53. The minimum atomic E-state index is -0.392. The predicted octanol–water partition coefficient (Wildman–Crippen LogP) is 1.13. The third-order valence-corrected chi connectivity index (χ3v) is 2.81. The highest BCUT2D eigenvalue weighted by atomic mass is 16.5. The summed E-state index contributed by atoms with van der Waals surface area (Å²) in [4.78, 5) is 0. The van der Waals surface area contributed by atoms with Crippen LogP contribution in [-0.2, 0) is 10.3 Å². The van der Waals surface area contributed by atoms with Crippen LogP contribution in [0.5, 0.6) is 0 Å². The Morgan fingerprint density at radius 1 is 1.33 bits per heavy atom. The number of aliphatic hydroxyl groups is 1. The Kier molecular flexibility index (Phi) is 4.75. The second-order valence-corrected chi connectivity index (χ2v) is 3.60. The quantitative estimate of drug-likeness (QED) is 0.738. The SMILES string of the molecule is CNC(CO)(CCOC)c1ccccc1. The molecule has 0 spiro atoms. The van der Waals surface area contributed by atoms with Crippen molar-refractivity contribution in [2.45, 2.75) is 12.0 Å². The first-order chi connectivity index (χ1) is 7.29. The summed E-state index contributed by atoms with van der Waals surface area (Å²) >= 11 is 0. The van der Waals surface area contributed by atoms with Gasteiger partial charge in [0.05, 0.1) is 12.1 Å². The molecule has 84 valence electrons. The van der Waals surface area contributed by atoms with Gasteiger partial charge in [-0.25, -0.2) is 0 Å². The molecule has 0 aliphatic heterocycles. The Labute approximate surface area is 91.1 Å². The molecule has 3 heteroatoms. The molecular formula is C12H19NO2. The van der Waals surface area contributed by atoms with E-state index in [0.717, 1.165) is 12.0 Å². The zero-order valence-electron chi connectivity index (χ0n) is 9.36. The topological polar surface area (TPSA) is 41.5 Å². The van der Waals surface area contributed by atoms with Crippen molar-refractivity contribution in [3.05, 3.63) is 35.9 Å². The maximum absolute atomic E-state index is 9.54. The predicted molar refractivity (Wildman–Crippen MR) is 60.8 cm³/mol. The molecule has 1 aromatic carbocycles. The van der Waals surface area contributed by atoms with Crippen molar-refractivity contribution in [1.82, 2.24) is 5.32 Å². The molecule has 0 aromatic heterocycles. The lowest BCUT2D eigenvalue weighted by Crippen LogP contribution is -2.44. The summed E-state index contributed by atoms with van der Waals surface area (Å²) in [6.45, 7) is 0.688. The monoisotopic (exact) mass is 209 g/mol. The van der Waals surface area contributed by atoms with Crippen LogP contribution in [0.1, 0.15) is 12.0 Å². The van der Waals surface area contributed by atoms with Gasteiger partial charge in [0.25, 0.3) is 0 Å². The van der Waals surface area contributed by atoms with Crippen LogP contribution in [0.15, 0.2) is 30.3 Å². The summed E-state index contributed by atoms with van der Waals surface area (Å²) in [5.41, 5.74) is 0.698. The Morgan fingerprint density at radius 3 is 2.47 bits per heavy atom. The number of ether oxygens (including phenoxy) is 1. The van der Waals surface area contributed by atoms with E-state index in [1.807, 2.05) is 37.4 Å².